The van der Waals surface area contributed by atoms with E-state index in [0.29, 0.717) is 13.1 Å². The van der Waals surface area contributed by atoms with E-state index in [0.717, 1.165) is 5.69 Å². The van der Waals surface area contributed by atoms with Crippen LogP contribution in [0, 0.1) is 0 Å². The second-order valence-electron chi connectivity index (χ2n) is 2.39. The highest BCUT2D eigenvalue weighted by molar-refractivity contribution is 5.64. The fraction of sp³-hybridized carbons (Fsp3) is 0.250. The molecule has 0 radical (unpaired) electrons. The molecule has 0 bridgehead atoms. The molecule has 0 atom stereocenters. The second kappa shape index (κ2) is 4.97. The first-order chi connectivity index (χ1) is 6.29. The Balaban J connectivity index is 2.17. The standard InChI is InChI=1S/C8H11N3O2/c12-8(13)11-6-5-10-7-1-3-9-4-2-7/h1-4,11H,5-6H2,(H,9,10)(H,12,13). The molecule has 5 heteroatoms. The number of carbonyl (C=O) groups is 1. The molecule has 0 aliphatic rings. The fourth-order valence-corrected chi connectivity index (χ4v) is 0.846. The summed E-state index contributed by atoms with van der Waals surface area (Å²) in [6.45, 7) is 0.952. The Hall–Kier alpha value is -1.78. The van der Waals surface area contributed by atoms with Gasteiger partial charge in [-0.3, -0.25) is 4.98 Å². The van der Waals surface area contributed by atoms with E-state index in [9.17, 15) is 4.79 Å². The lowest BCUT2D eigenvalue weighted by Gasteiger charge is -2.04. The van der Waals surface area contributed by atoms with Gasteiger partial charge in [-0.15, -0.1) is 0 Å². The van der Waals surface area contributed by atoms with Crippen molar-refractivity contribution in [2.45, 2.75) is 0 Å². The number of aromatic nitrogens is 1. The lowest BCUT2D eigenvalue weighted by molar-refractivity contribution is 0.195. The fourth-order valence-electron chi connectivity index (χ4n) is 0.846. The molecular formula is C8H11N3O2. The van der Waals surface area contributed by atoms with E-state index in [4.69, 9.17) is 5.11 Å². The van der Waals surface area contributed by atoms with Gasteiger partial charge in [0.1, 0.15) is 0 Å². The average Bonchev–Trinajstić information content (AvgIpc) is 2.14. The Morgan fingerprint density at radius 2 is 2.08 bits per heavy atom. The molecule has 0 saturated carbocycles. The Bertz CT molecular complexity index is 263. The van der Waals surface area contributed by atoms with Gasteiger partial charge in [-0.1, -0.05) is 0 Å². The van der Waals surface area contributed by atoms with Crippen LogP contribution in [0.15, 0.2) is 24.5 Å². The van der Waals surface area contributed by atoms with Crippen LogP contribution in [0.2, 0.25) is 0 Å². The van der Waals surface area contributed by atoms with Gasteiger partial charge >= 0.3 is 6.09 Å². The van der Waals surface area contributed by atoms with Gasteiger partial charge in [-0.05, 0) is 12.1 Å². The van der Waals surface area contributed by atoms with Crippen molar-refractivity contribution in [1.29, 1.82) is 0 Å². The molecule has 1 aromatic heterocycles. The normalized spacial score (nSPS) is 9.23. The SMILES string of the molecule is O=C(O)NCCNc1ccncc1. The Morgan fingerprint density at radius 3 is 2.69 bits per heavy atom. The Kier molecular flexibility index (Phi) is 3.56. The summed E-state index contributed by atoms with van der Waals surface area (Å²) in [5.41, 5.74) is 0.933. The lowest BCUT2D eigenvalue weighted by Crippen LogP contribution is -2.26. The number of anilines is 1. The van der Waals surface area contributed by atoms with Crippen LogP contribution in [0.3, 0.4) is 0 Å². The van der Waals surface area contributed by atoms with Crippen molar-refractivity contribution in [3.05, 3.63) is 24.5 Å². The predicted octanol–water partition coefficient (Wildman–Crippen LogP) is 0.761. The average molecular weight is 181 g/mol. The van der Waals surface area contributed by atoms with Crippen molar-refractivity contribution in [3.8, 4) is 0 Å². The first-order valence-corrected chi connectivity index (χ1v) is 3.90. The minimum Gasteiger partial charge on any atom is -0.465 e. The third kappa shape index (κ3) is 3.95. The zero-order chi connectivity index (χ0) is 9.52. The van der Waals surface area contributed by atoms with E-state index in [1.165, 1.54) is 0 Å². The van der Waals surface area contributed by atoms with Gasteiger partial charge in [0.2, 0.25) is 0 Å². The third-order valence-electron chi connectivity index (χ3n) is 1.41. The summed E-state index contributed by atoms with van der Waals surface area (Å²) in [5.74, 6) is 0. The first-order valence-electron chi connectivity index (χ1n) is 3.90. The molecule has 0 aliphatic carbocycles. The minimum absolute atomic E-state index is 0.387. The molecule has 13 heavy (non-hydrogen) atoms. The summed E-state index contributed by atoms with van der Waals surface area (Å²) in [6.07, 6.45) is 2.34. The molecule has 0 unspecified atom stereocenters. The van der Waals surface area contributed by atoms with Gasteiger partial charge in [0.25, 0.3) is 0 Å². The van der Waals surface area contributed by atoms with Gasteiger partial charge in [0, 0.05) is 31.2 Å². The molecule has 0 aliphatic heterocycles. The monoisotopic (exact) mass is 181 g/mol. The number of carboxylic acid groups (broad SMARTS) is 1. The summed E-state index contributed by atoms with van der Waals surface area (Å²) >= 11 is 0. The van der Waals surface area contributed by atoms with Crippen LogP contribution in [0.4, 0.5) is 10.5 Å². The molecule has 70 valence electrons. The second-order valence-corrected chi connectivity index (χ2v) is 2.39. The van der Waals surface area contributed by atoms with Crippen molar-refractivity contribution in [3.63, 3.8) is 0 Å². The number of pyridine rings is 1. The van der Waals surface area contributed by atoms with Crippen molar-refractivity contribution >= 4 is 11.8 Å². The molecule has 0 spiro atoms. The van der Waals surface area contributed by atoms with Crippen LogP contribution in [-0.2, 0) is 0 Å². The Morgan fingerprint density at radius 1 is 1.38 bits per heavy atom. The molecule has 1 rings (SSSR count). The Labute approximate surface area is 75.8 Å². The molecule has 0 saturated heterocycles. The first kappa shape index (κ1) is 9.31. The number of amides is 1. The zero-order valence-electron chi connectivity index (χ0n) is 7.03. The van der Waals surface area contributed by atoms with E-state index in [2.05, 4.69) is 15.6 Å². The summed E-state index contributed by atoms with van der Waals surface area (Å²) in [7, 11) is 0. The molecule has 3 N–H and O–H groups in total. The number of hydrogen-bond donors (Lipinski definition) is 3. The number of nitrogens with zero attached hydrogens (tertiary/aromatic N) is 1. The van der Waals surface area contributed by atoms with Crippen molar-refractivity contribution in [2.24, 2.45) is 0 Å². The van der Waals surface area contributed by atoms with Gasteiger partial charge in [-0.25, -0.2) is 4.79 Å². The largest absolute Gasteiger partial charge is 0.465 e. The predicted molar refractivity (Wildman–Crippen MR) is 48.8 cm³/mol. The maximum atomic E-state index is 10.1. The van der Waals surface area contributed by atoms with Crippen LogP contribution in [0.5, 0.6) is 0 Å². The maximum absolute atomic E-state index is 10.1. The van der Waals surface area contributed by atoms with Crippen LogP contribution < -0.4 is 10.6 Å². The van der Waals surface area contributed by atoms with Crippen LogP contribution in [0.1, 0.15) is 0 Å². The summed E-state index contributed by atoms with van der Waals surface area (Å²) in [6, 6.07) is 3.64. The molecule has 0 aromatic carbocycles. The van der Waals surface area contributed by atoms with Crippen molar-refractivity contribution in [1.82, 2.24) is 10.3 Å². The highest BCUT2D eigenvalue weighted by atomic mass is 16.4. The van der Waals surface area contributed by atoms with E-state index in [1.54, 1.807) is 12.4 Å². The van der Waals surface area contributed by atoms with Crippen LogP contribution >= 0.6 is 0 Å². The molecular weight excluding hydrogens is 170 g/mol. The minimum atomic E-state index is -1.00. The van der Waals surface area contributed by atoms with Crippen LogP contribution in [-0.4, -0.2) is 29.3 Å². The van der Waals surface area contributed by atoms with Crippen molar-refractivity contribution in [2.75, 3.05) is 18.4 Å². The smallest absolute Gasteiger partial charge is 0.404 e. The van der Waals surface area contributed by atoms with Gasteiger partial charge in [-0.2, -0.15) is 0 Å². The van der Waals surface area contributed by atoms with Gasteiger partial charge < -0.3 is 15.7 Å². The summed E-state index contributed by atoms with van der Waals surface area (Å²) < 4.78 is 0. The molecule has 1 amide bonds. The quantitative estimate of drug-likeness (QED) is 0.599. The van der Waals surface area contributed by atoms with Gasteiger partial charge in [0.05, 0.1) is 0 Å². The molecule has 5 nitrogen and oxygen atoms in total. The highest BCUT2D eigenvalue weighted by Crippen LogP contribution is 2.01. The highest BCUT2D eigenvalue weighted by Gasteiger charge is 1.92. The maximum Gasteiger partial charge on any atom is 0.404 e. The topological polar surface area (TPSA) is 74.2 Å². The summed E-state index contributed by atoms with van der Waals surface area (Å²) in [5, 5.41) is 13.6. The molecule has 0 fully saturated rings. The summed E-state index contributed by atoms with van der Waals surface area (Å²) in [4.78, 5) is 13.9. The van der Waals surface area contributed by atoms with Gasteiger partial charge in [0.15, 0.2) is 0 Å². The zero-order valence-corrected chi connectivity index (χ0v) is 7.03. The van der Waals surface area contributed by atoms with Crippen molar-refractivity contribution < 1.29 is 9.90 Å². The van der Waals surface area contributed by atoms with E-state index in [-0.39, 0.29) is 0 Å². The lowest BCUT2D eigenvalue weighted by atomic mass is 10.4. The number of rotatable bonds is 4. The number of hydrogen-bond acceptors (Lipinski definition) is 3. The van der Waals surface area contributed by atoms with Crippen LogP contribution in [0.25, 0.3) is 0 Å². The number of nitrogens with one attached hydrogen (secondary N) is 2. The van der Waals surface area contributed by atoms with E-state index < -0.39 is 6.09 Å². The van der Waals surface area contributed by atoms with E-state index in [1.807, 2.05) is 12.1 Å². The molecule has 1 aromatic rings. The molecule has 1 heterocycles. The third-order valence-corrected chi connectivity index (χ3v) is 1.41. The van der Waals surface area contributed by atoms with E-state index >= 15 is 0 Å².